The van der Waals surface area contributed by atoms with Crippen LogP contribution in [0.5, 0.6) is 0 Å². The molecule has 1 fully saturated rings. The number of hydrogen-bond donors (Lipinski definition) is 1. The molecule has 142 valence electrons. The monoisotopic (exact) mass is 403 g/mol. The Labute approximate surface area is 169 Å². The molecule has 2 N–H and O–H groups in total. The van der Waals surface area contributed by atoms with Gasteiger partial charge in [0.05, 0.1) is 5.69 Å². The summed E-state index contributed by atoms with van der Waals surface area (Å²) in [6.45, 7) is 3.54. The smallest absolute Gasteiger partial charge is 0.123 e. The maximum absolute atomic E-state index is 13.1. The van der Waals surface area contributed by atoms with Gasteiger partial charge in [-0.05, 0) is 42.3 Å². The van der Waals surface area contributed by atoms with Gasteiger partial charge in [-0.2, -0.15) is 0 Å². The first-order chi connectivity index (χ1) is 12.7. The molecule has 27 heavy (non-hydrogen) atoms. The number of rotatable bonds is 5. The van der Waals surface area contributed by atoms with Crippen LogP contribution >= 0.6 is 23.7 Å². The van der Waals surface area contributed by atoms with Gasteiger partial charge in [-0.3, -0.25) is 4.90 Å². The second-order valence-electron chi connectivity index (χ2n) is 6.86. The van der Waals surface area contributed by atoms with Crippen molar-refractivity contribution in [2.75, 3.05) is 19.6 Å². The summed E-state index contributed by atoms with van der Waals surface area (Å²) in [5.74, 6) is 0.742. The lowest BCUT2D eigenvalue weighted by molar-refractivity contribution is 0.314. The summed E-state index contributed by atoms with van der Waals surface area (Å²) >= 11 is 1.61. The fraction of sp³-hybridized carbons (Fsp3) is 0.286. The molecule has 1 aromatic heterocycles. The molecule has 1 aliphatic rings. The lowest BCUT2D eigenvalue weighted by Crippen LogP contribution is -2.23. The lowest BCUT2D eigenvalue weighted by Gasteiger charge is -2.16. The number of benzene rings is 2. The largest absolute Gasteiger partial charge is 0.330 e. The van der Waals surface area contributed by atoms with E-state index in [2.05, 4.69) is 40.6 Å². The van der Waals surface area contributed by atoms with Crippen LogP contribution in [0.15, 0.2) is 60.0 Å². The second-order valence-corrected chi connectivity index (χ2v) is 7.72. The Kier molecular flexibility index (Phi) is 6.60. The van der Waals surface area contributed by atoms with Crippen LogP contribution in [0.1, 0.15) is 17.2 Å². The van der Waals surface area contributed by atoms with Gasteiger partial charge in [0.2, 0.25) is 0 Å². The third-order valence-corrected chi connectivity index (χ3v) is 6.02. The number of nitrogens with zero attached hydrogens (tertiary/aromatic N) is 2. The quantitative estimate of drug-likeness (QED) is 0.679. The highest BCUT2D eigenvalue weighted by Crippen LogP contribution is 2.33. The molecule has 2 atom stereocenters. The summed E-state index contributed by atoms with van der Waals surface area (Å²) < 4.78 is 13.1. The SMILES string of the molecule is Cl.NC[C@@H]1CN(Cc2csc(-c3ccc(F)cc3)n2)C[C@H]1c1ccccc1. The Morgan fingerprint density at radius 3 is 2.52 bits per heavy atom. The molecule has 2 aromatic carbocycles. The molecule has 1 aliphatic heterocycles. The van der Waals surface area contributed by atoms with Crippen LogP contribution in [0.25, 0.3) is 10.6 Å². The van der Waals surface area contributed by atoms with Crippen molar-refractivity contribution in [1.29, 1.82) is 0 Å². The van der Waals surface area contributed by atoms with Gasteiger partial charge in [-0.15, -0.1) is 23.7 Å². The minimum Gasteiger partial charge on any atom is -0.330 e. The Morgan fingerprint density at radius 2 is 1.81 bits per heavy atom. The molecule has 0 radical (unpaired) electrons. The van der Waals surface area contributed by atoms with Crippen LogP contribution in [0.3, 0.4) is 0 Å². The van der Waals surface area contributed by atoms with Gasteiger partial charge >= 0.3 is 0 Å². The van der Waals surface area contributed by atoms with Crippen molar-refractivity contribution in [1.82, 2.24) is 9.88 Å². The number of thiazole rings is 1. The van der Waals surface area contributed by atoms with Crippen molar-refractivity contribution in [3.63, 3.8) is 0 Å². The number of halogens is 2. The number of nitrogens with two attached hydrogens (primary N) is 1. The summed E-state index contributed by atoms with van der Waals surface area (Å²) in [5, 5.41) is 3.04. The molecule has 0 aliphatic carbocycles. The Morgan fingerprint density at radius 1 is 1.07 bits per heavy atom. The second kappa shape index (κ2) is 8.93. The van der Waals surface area contributed by atoms with Crippen molar-refractivity contribution in [2.45, 2.75) is 12.5 Å². The molecule has 3 aromatic rings. The van der Waals surface area contributed by atoms with E-state index in [1.807, 2.05) is 0 Å². The summed E-state index contributed by atoms with van der Waals surface area (Å²) in [4.78, 5) is 7.19. The van der Waals surface area contributed by atoms with Gasteiger partial charge in [0.15, 0.2) is 0 Å². The molecular weight excluding hydrogens is 381 g/mol. The fourth-order valence-corrected chi connectivity index (χ4v) is 4.56. The summed E-state index contributed by atoms with van der Waals surface area (Å²) in [6.07, 6.45) is 0. The van der Waals surface area contributed by atoms with Crippen LogP contribution in [0, 0.1) is 11.7 Å². The van der Waals surface area contributed by atoms with Crippen molar-refractivity contribution >= 4 is 23.7 Å². The first kappa shape index (κ1) is 20.0. The third kappa shape index (κ3) is 4.55. The van der Waals surface area contributed by atoms with Gasteiger partial charge in [0, 0.05) is 36.5 Å². The van der Waals surface area contributed by atoms with Crippen molar-refractivity contribution < 1.29 is 4.39 Å². The van der Waals surface area contributed by atoms with E-state index in [-0.39, 0.29) is 18.2 Å². The van der Waals surface area contributed by atoms with E-state index in [0.29, 0.717) is 18.4 Å². The first-order valence-electron chi connectivity index (χ1n) is 8.90. The van der Waals surface area contributed by atoms with E-state index in [9.17, 15) is 4.39 Å². The van der Waals surface area contributed by atoms with Gasteiger partial charge in [-0.25, -0.2) is 9.37 Å². The van der Waals surface area contributed by atoms with E-state index in [0.717, 1.165) is 35.9 Å². The number of likely N-dealkylation sites (tertiary alicyclic amines) is 1. The van der Waals surface area contributed by atoms with E-state index in [4.69, 9.17) is 10.7 Å². The average Bonchev–Trinajstić information content (AvgIpc) is 3.30. The molecule has 3 nitrogen and oxygen atoms in total. The molecule has 4 rings (SSSR count). The molecule has 0 spiro atoms. The summed E-state index contributed by atoms with van der Waals surface area (Å²) in [6, 6.07) is 17.2. The maximum atomic E-state index is 13.1. The summed E-state index contributed by atoms with van der Waals surface area (Å²) in [5.41, 5.74) is 9.44. The minimum absolute atomic E-state index is 0. The van der Waals surface area contributed by atoms with Crippen LogP contribution < -0.4 is 5.73 Å². The zero-order valence-corrected chi connectivity index (χ0v) is 16.6. The van der Waals surface area contributed by atoms with Crippen LogP contribution in [-0.2, 0) is 6.54 Å². The lowest BCUT2D eigenvalue weighted by atomic mass is 9.89. The topological polar surface area (TPSA) is 42.1 Å². The number of hydrogen-bond acceptors (Lipinski definition) is 4. The molecule has 0 unspecified atom stereocenters. The van der Waals surface area contributed by atoms with Gasteiger partial charge in [-0.1, -0.05) is 30.3 Å². The van der Waals surface area contributed by atoms with E-state index in [1.165, 1.54) is 17.7 Å². The molecule has 0 saturated carbocycles. The first-order valence-corrected chi connectivity index (χ1v) is 9.78. The zero-order valence-electron chi connectivity index (χ0n) is 14.9. The van der Waals surface area contributed by atoms with Gasteiger partial charge in [0.25, 0.3) is 0 Å². The predicted octanol–water partition coefficient (Wildman–Crippen LogP) is 4.55. The van der Waals surface area contributed by atoms with Crippen LogP contribution in [0.4, 0.5) is 4.39 Å². The molecule has 2 heterocycles. The molecule has 6 heteroatoms. The van der Waals surface area contributed by atoms with E-state index >= 15 is 0 Å². The molecule has 0 amide bonds. The van der Waals surface area contributed by atoms with Gasteiger partial charge < -0.3 is 5.73 Å². The van der Waals surface area contributed by atoms with Crippen molar-refractivity contribution in [2.24, 2.45) is 11.7 Å². The normalized spacial score (nSPS) is 19.8. The Bertz CT molecular complexity index is 853. The van der Waals surface area contributed by atoms with Crippen molar-refractivity contribution in [3.05, 3.63) is 77.1 Å². The van der Waals surface area contributed by atoms with Crippen molar-refractivity contribution in [3.8, 4) is 10.6 Å². The summed E-state index contributed by atoms with van der Waals surface area (Å²) in [7, 11) is 0. The zero-order chi connectivity index (χ0) is 17.9. The highest BCUT2D eigenvalue weighted by atomic mass is 35.5. The molecule has 0 bridgehead atoms. The van der Waals surface area contributed by atoms with E-state index in [1.54, 1.807) is 23.5 Å². The number of aromatic nitrogens is 1. The average molecular weight is 404 g/mol. The van der Waals surface area contributed by atoms with E-state index < -0.39 is 0 Å². The fourth-order valence-electron chi connectivity index (χ4n) is 3.74. The molecule has 1 saturated heterocycles. The molecular formula is C21H23ClFN3S. The third-order valence-electron chi connectivity index (χ3n) is 5.08. The van der Waals surface area contributed by atoms with Gasteiger partial charge in [0.1, 0.15) is 10.8 Å². The highest BCUT2D eigenvalue weighted by molar-refractivity contribution is 7.13. The highest BCUT2D eigenvalue weighted by Gasteiger charge is 2.32. The standard InChI is InChI=1S/C21H22FN3S.ClH/c22-18-8-6-16(7-9-18)21-24-19(14-26-21)12-25-11-17(10-23)20(13-25)15-4-2-1-3-5-15;/h1-9,14,17,20H,10-13,23H2;1H/t17-,20+;/m1./s1. The Balaban J connectivity index is 0.00000210. The predicted molar refractivity (Wildman–Crippen MR) is 112 cm³/mol. The minimum atomic E-state index is -0.220. The van der Waals surface area contributed by atoms with Crippen LogP contribution in [0.2, 0.25) is 0 Å². The Hall–Kier alpha value is -1.79. The van der Waals surface area contributed by atoms with Crippen LogP contribution in [-0.4, -0.2) is 29.5 Å². The maximum Gasteiger partial charge on any atom is 0.123 e.